The number of rotatable bonds is 17. The van der Waals surface area contributed by atoms with Crippen molar-refractivity contribution in [3.63, 3.8) is 0 Å². The van der Waals surface area contributed by atoms with Gasteiger partial charge in [0.1, 0.15) is 5.75 Å². The second-order valence-corrected chi connectivity index (χ2v) is 14.1. The summed E-state index contributed by atoms with van der Waals surface area (Å²) in [6.45, 7) is 1.99. The molecule has 3 N–H and O–H groups in total. The molecule has 1 amide bonds. The number of unbranched alkanes of at least 4 members (excludes halogenated alkanes) is 1. The van der Waals surface area contributed by atoms with E-state index < -0.39 is 53.0 Å². The molecule has 0 saturated carbocycles. The highest BCUT2D eigenvalue weighted by molar-refractivity contribution is 7.89. The van der Waals surface area contributed by atoms with Crippen LogP contribution < -0.4 is 15.4 Å². The first-order valence-corrected chi connectivity index (χ1v) is 16.9. The van der Waals surface area contributed by atoms with Crippen LogP contribution >= 0.6 is 23.2 Å². The van der Waals surface area contributed by atoms with Crippen molar-refractivity contribution in [1.82, 2.24) is 14.9 Å². The SMILES string of the molecule is CCCCO[C@@H]1C[C@H](NC[C@@H](O)[C@H](Cc2cc(Cl)cc(Cl)c2)NC(=O)CN(C)S(=O)(=O)CCC(F)(F)F)c2cc(OC)ccc21. The van der Waals surface area contributed by atoms with Crippen LogP contribution in [0.25, 0.3) is 0 Å². The Hall–Kier alpha value is -2.13. The summed E-state index contributed by atoms with van der Waals surface area (Å²) in [4.78, 5) is 12.9. The molecule has 0 aliphatic heterocycles. The van der Waals surface area contributed by atoms with Gasteiger partial charge in [0.15, 0.2) is 0 Å². The molecule has 0 spiro atoms. The number of ether oxygens (including phenoxy) is 2. The molecule has 1 aliphatic rings. The topological polar surface area (TPSA) is 117 Å². The minimum Gasteiger partial charge on any atom is -0.497 e. The predicted molar refractivity (Wildman–Crippen MR) is 167 cm³/mol. The third kappa shape index (κ3) is 11.6. The van der Waals surface area contributed by atoms with E-state index in [9.17, 15) is 31.5 Å². The van der Waals surface area contributed by atoms with Gasteiger partial charge in [-0.05, 0) is 66.3 Å². The molecule has 0 bridgehead atoms. The molecule has 0 unspecified atom stereocenters. The number of likely N-dealkylation sites (N-methyl/N-ethyl adjacent to an activating group) is 1. The largest absolute Gasteiger partial charge is 0.497 e. The van der Waals surface area contributed by atoms with Crippen LogP contribution in [0.1, 0.15) is 61.4 Å². The fourth-order valence-corrected chi connectivity index (χ4v) is 6.77. The molecule has 0 radical (unpaired) electrons. The zero-order valence-corrected chi connectivity index (χ0v) is 27.7. The molecule has 252 valence electrons. The second-order valence-electron chi connectivity index (χ2n) is 11.1. The van der Waals surface area contributed by atoms with Crippen LogP contribution in [-0.4, -0.2) is 81.7 Å². The lowest BCUT2D eigenvalue weighted by atomic mass is 10.00. The van der Waals surface area contributed by atoms with Gasteiger partial charge >= 0.3 is 6.18 Å². The van der Waals surface area contributed by atoms with Gasteiger partial charge in [-0.15, -0.1) is 0 Å². The van der Waals surface area contributed by atoms with Crippen molar-refractivity contribution in [1.29, 1.82) is 0 Å². The molecule has 9 nitrogen and oxygen atoms in total. The van der Waals surface area contributed by atoms with Crippen LogP contribution in [0.15, 0.2) is 36.4 Å². The lowest BCUT2D eigenvalue weighted by Gasteiger charge is -2.27. The van der Waals surface area contributed by atoms with Gasteiger partial charge in [-0.3, -0.25) is 4.79 Å². The smallest absolute Gasteiger partial charge is 0.390 e. The van der Waals surface area contributed by atoms with E-state index in [1.54, 1.807) is 19.2 Å². The molecule has 4 atom stereocenters. The van der Waals surface area contributed by atoms with Crippen molar-refractivity contribution >= 4 is 39.1 Å². The Kier molecular flexibility index (Phi) is 13.8. The maximum Gasteiger partial charge on any atom is 0.390 e. The number of nitrogens with one attached hydrogen (secondary N) is 2. The van der Waals surface area contributed by atoms with Crippen LogP contribution in [0.2, 0.25) is 10.0 Å². The number of carbonyl (C=O) groups is 1. The van der Waals surface area contributed by atoms with Crippen LogP contribution in [0.3, 0.4) is 0 Å². The van der Waals surface area contributed by atoms with Gasteiger partial charge in [-0.2, -0.15) is 17.5 Å². The molecule has 1 aliphatic carbocycles. The van der Waals surface area contributed by atoms with Gasteiger partial charge in [-0.1, -0.05) is 42.6 Å². The summed E-state index contributed by atoms with van der Waals surface area (Å²) < 4.78 is 74.6. The van der Waals surface area contributed by atoms with Gasteiger partial charge in [0.25, 0.3) is 0 Å². The Bertz CT molecular complexity index is 1380. The van der Waals surface area contributed by atoms with Gasteiger partial charge < -0.3 is 25.2 Å². The fourth-order valence-electron chi connectivity index (χ4n) is 5.09. The number of aliphatic hydroxyl groups is 1. The summed E-state index contributed by atoms with van der Waals surface area (Å²) in [6.07, 6.45) is -4.91. The Morgan fingerprint density at radius 1 is 1.16 bits per heavy atom. The molecule has 0 heterocycles. The monoisotopic (exact) mass is 697 g/mol. The van der Waals surface area contributed by atoms with E-state index in [-0.39, 0.29) is 25.1 Å². The number of sulfonamides is 1. The number of alkyl halides is 3. The van der Waals surface area contributed by atoms with Crippen LogP contribution in [0.4, 0.5) is 13.2 Å². The van der Waals surface area contributed by atoms with Gasteiger partial charge in [0, 0.05) is 36.3 Å². The second kappa shape index (κ2) is 16.6. The zero-order valence-electron chi connectivity index (χ0n) is 25.4. The summed E-state index contributed by atoms with van der Waals surface area (Å²) in [6, 6.07) is 9.40. The van der Waals surface area contributed by atoms with Crippen molar-refractivity contribution < 1.29 is 41.0 Å². The van der Waals surface area contributed by atoms with E-state index >= 15 is 0 Å². The zero-order chi connectivity index (χ0) is 33.4. The molecular weight excluding hydrogens is 658 g/mol. The minimum atomic E-state index is -4.66. The maximum atomic E-state index is 12.9. The highest BCUT2D eigenvalue weighted by Gasteiger charge is 2.34. The molecule has 45 heavy (non-hydrogen) atoms. The summed E-state index contributed by atoms with van der Waals surface area (Å²) in [5.41, 5.74) is 2.59. The number of hydrogen-bond acceptors (Lipinski definition) is 7. The number of halogens is 5. The molecule has 3 rings (SSSR count). The highest BCUT2D eigenvalue weighted by Crippen LogP contribution is 2.42. The van der Waals surface area contributed by atoms with Crippen LogP contribution in [0.5, 0.6) is 5.75 Å². The number of nitrogens with zero attached hydrogens (tertiary/aromatic N) is 1. The number of aliphatic hydroxyl groups excluding tert-OH is 1. The molecular formula is C30H40Cl2F3N3O6S. The lowest BCUT2D eigenvalue weighted by molar-refractivity contribution is -0.130. The maximum absolute atomic E-state index is 12.9. The summed E-state index contributed by atoms with van der Waals surface area (Å²) >= 11 is 12.3. The van der Waals surface area contributed by atoms with Crippen molar-refractivity contribution in [2.45, 2.75) is 69.5 Å². The van der Waals surface area contributed by atoms with E-state index in [0.29, 0.717) is 38.7 Å². The summed E-state index contributed by atoms with van der Waals surface area (Å²) in [5.74, 6) is -1.31. The molecule has 15 heteroatoms. The van der Waals surface area contributed by atoms with Crippen LogP contribution in [0, 0.1) is 0 Å². The van der Waals surface area contributed by atoms with Gasteiger partial charge in [0.2, 0.25) is 15.9 Å². The average molecular weight is 699 g/mol. The van der Waals surface area contributed by atoms with E-state index in [2.05, 4.69) is 17.6 Å². The normalized spacial score (nSPS) is 18.1. The standard InChI is InChI=1S/C30H40Cl2F3N3O6S/c1-4-5-9-44-28-16-25(24-15-22(43-3)6-7-23(24)28)36-17-27(39)26(13-19-11-20(31)14-21(32)12-19)37-29(40)18-38(2)45(41,42)10-8-30(33,34)35/h6-7,11-12,14-15,25-28,36,39H,4-5,8-10,13,16-18H2,1-3H3,(H,37,40)/t25-,26-,27+,28+/m0/s1. The quantitative estimate of drug-likeness (QED) is 0.195. The van der Waals surface area contributed by atoms with E-state index in [4.69, 9.17) is 32.7 Å². The van der Waals surface area contributed by atoms with E-state index in [0.717, 1.165) is 31.0 Å². The van der Waals surface area contributed by atoms with Gasteiger partial charge in [-0.25, -0.2) is 8.42 Å². The highest BCUT2D eigenvalue weighted by atomic mass is 35.5. The van der Waals surface area contributed by atoms with Crippen molar-refractivity contribution in [3.8, 4) is 5.75 Å². The first-order chi connectivity index (χ1) is 21.1. The fraction of sp³-hybridized carbons (Fsp3) is 0.567. The Labute approximate surface area is 272 Å². The Morgan fingerprint density at radius 3 is 2.47 bits per heavy atom. The number of methoxy groups -OCH3 is 1. The molecule has 0 saturated heterocycles. The van der Waals surface area contributed by atoms with E-state index in [1.165, 1.54) is 6.07 Å². The molecule has 2 aromatic rings. The number of amides is 1. The summed E-state index contributed by atoms with van der Waals surface area (Å²) in [7, 11) is -1.76. The molecule has 2 aromatic carbocycles. The Morgan fingerprint density at radius 2 is 1.84 bits per heavy atom. The van der Waals surface area contributed by atoms with Crippen LogP contribution in [-0.2, 0) is 26.0 Å². The third-order valence-corrected chi connectivity index (χ3v) is 9.77. The average Bonchev–Trinajstić information content (AvgIpc) is 3.30. The van der Waals surface area contributed by atoms with E-state index in [1.807, 2.05) is 18.2 Å². The van der Waals surface area contributed by atoms with Crippen molar-refractivity contribution in [2.24, 2.45) is 0 Å². The van der Waals surface area contributed by atoms with Gasteiger partial charge in [0.05, 0.1) is 44.1 Å². The predicted octanol–water partition coefficient (Wildman–Crippen LogP) is 5.20. The first kappa shape index (κ1) is 37.3. The number of hydrogen-bond donors (Lipinski definition) is 3. The molecule has 0 aromatic heterocycles. The lowest BCUT2D eigenvalue weighted by Crippen LogP contribution is -2.51. The number of benzene rings is 2. The molecule has 0 fully saturated rings. The minimum absolute atomic E-state index is 0.0297. The number of carbonyl (C=O) groups excluding carboxylic acids is 1. The Balaban J connectivity index is 1.74. The van der Waals surface area contributed by atoms with Crippen molar-refractivity contribution in [2.75, 3.05) is 39.6 Å². The first-order valence-electron chi connectivity index (χ1n) is 14.6. The third-order valence-electron chi connectivity index (χ3n) is 7.53. The summed E-state index contributed by atoms with van der Waals surface area (Å²) in [5, 5.41) is 18.0. The number of fused-ring (bicyclic) bond motifs is 1. The van der Waals surface area contributed by atoms with Crippen molar-refractivity contribution in [3.05, 3.63) is 63.1 Å².